The zero-order chi connectivity index (χ0) is 6.74. The maximum absolute atomic E-state index is 4.40. The first kappa shape index (κ1) is 7.13. The average molecular weight is 143 g/mol. The van der Waals surface area contributed by atoms with Crippen LogP contribution in [0.2, 0.25) is 0 Å². The molecule has 52 valence electrons. The SMILES string of the molecule is CCCC1(C)CSC=N1. The second kappa shape index (κ2) is 2.74. The van der Waals surface area contributed by atoms with Crippen molar-refractivity contribution in [3.63, 3.8) is 0 Å². The van der Waals surface area contributed by atoms with E-state index in [1.54, 1.807) is 0 Å². The van der Waals surface area contributed by atoms with Crippen molar-refractivity contribution < 1.29 is 0 Å². The molecule has 0 saturated heterocycles. The zero-order valence-electron chi connectivity index (χ0n) is 6.05. The van der Waals surface area contributed by atoms with Crippen LogP contribution < -0.4 is 0 Å². The lowest BCUT2D eigenvalue weighted by atomic mass is 10.0. The summed E-state index contributed by atoms with van der Waals surface area (Å²) < 4.78 is 0. The summed E-state index contributed by atoms with van der Waals surface area (Å²) in [7, 11) is 0. The van der Waals surface area contributed by atoms with Crippen LogP contribution in [0.4, 0.5) is 0 Å². The normalized spacial score (nSPS) is 33.6. The molecule has 0 N–H and O–H groups in total. The van der Waals surface area contributed by atoms with Gasteiger partial charge < -0.3 is 0 Å². The molecule has 0 aliphatic carbocycles. The quantitative estimate of drug-likeness (QED) is 0.578. The summed E-state index contributed by atoms with van der Waals surface area (Å²) in [5.74, 6) is 1.18. The molecule has 1 nitrogen and oxygen atoms in total. The molecule has 1 unspecified atom stereocenters. The van der Waals surface area contributed by atoms with Gasteiger partial charge in [0.2, 0.25) is 0 Å². The van der Waals surface area contributed by atoms with E-state index in [1.165, 1.54) is 18.6 Å². The standard InChI is InChI=1S/C7H13NS/c1-3-4-7(2)5-9-6-8-7/h6H,3-5H2,1-2H3. The molecule has 0 spiro atoms. The lowest BCUT2D eigenvalue weighted by molar-refractivity contribution is 0.490. The highest BCUT2D eigenvalue weighted by atomic mass is 32.2. The molecule has 0 aromatic heterocycles. The summed E-state index contributed by atoms with van der Waals surface area (Å²) in [4.78, 5) is 4.40. The van der Waals surface area contributed by atoms with Crippen molar-refractivity contribution >= 4 is 17.3 Å². The topological polar surface area (TPSA) is 12.4 Å². The van der Waals surface area contributed by atoms with Gasteiger partial charge in [-0.05, 0) is 13.3 Å². The predicted molar refractivity (Wildman–Crippen MR) is 44.3 cm³/mol. The van der Waals surface area contributed by atoms with E-state index in [2.05, 4.69) is 18.8 Å². The van der Waals surface area contributed by atoms with Crippen LogP contribution in [0.15, 0.2) is 4.99 Å². The van der Waals surface area contributed by atoms with Crippen molar-refractivity contribution in [2.75, 3.05) is 5.75 Å². The molecule has 1 rings (SSSR count). The molecule has 0 aromatic rings. The minimum absolute atomic E-state index is 0.277. The molecule has 0 fully saturated rings. The van der Waals surface area contributed by atoms with E-state index in [-0.39, 0.29) is 5.54 Å². The predicted octanol–water partition coefficient (Wildman–Crippen LogP) is 2.32. The second-order valence-electron chi connectivity index (χ2n) is 2.79. The molecule has 9 heavy (non-hydrogen) atoms. The van der Waals surface area contributed by atoms with E-state index in [9.17, 15) is 0 Å². The fourth-order valence-electron chi connectivity index (χ4n) is 1.09. The highest BCUT2D eigenvalue weighted by Crippen LogP contribution is 2.27. The number of rotatable bonds is 2. The Morgan fingerprint density at radius 3 is 3.00 bits per heavy atom. The summed E-state index contributed by atoms with van der Waals surface area (Å²) >= 11 is 1.83. The van der Waals surface area contributed by atoms with Gasteiger partial charge in [0.25, 0.3) is 0 Å². The zero-order valence-corrected chi connectivity index (χ0v) is 6.87. The summed E-state index contributed by atoms with van der Waals surface area (Å²) in [6.07, 6.45) is 2.48. The van der Waals surface area contributed by atoms with E-state index in [4.69, 9.17) is 0 Å². The Morgan fingerprint density at radius 2 is 2.56 bits per heavy atom. The Bertz CT molecular complexity index is 122. The van der Waals surface area contributed by atoms with Gasteiger partial charge in [-0.15, -0.1) is 11.8 Å². The van der Waals surface area contributed by atoms with Crippen LogP contribution in [0.5, 0.6) is 0 Å². The van der Waals surface area contributed by atoms with Crippen LogP contribution in [0, 0.1) is 0 Å². The van der Waals surface area contributed by atoms with Gasteiger partial charge in [-0.25, -0.2) is 0 Å². The maximum Gasteiger partial charge on any atom is 0.0680 e. The van der Waals surface area contributed by atoms with Crippen molar-refractivity contribution in [1.82, 2.24) is 0 Å². The number of nitrogens with zero attached hydrogens (tertiary/aromatic N) is 1. The van der Waals surface area contributed by atoms with Crippen LogP contribution in [-0.2, 0) is 0 Å². The molecule has 0 bridgehead atoms. The molecule has 1 heterocycles. The Hall–Kier alpha value is 0.0200. The van der Waals surface area contributed by atoms with E-state index in [0.29, 0.717) is 0 Å². The second-order valence-corrected chi connectivity index (χ2v) is 3.63. The molecule has 1 atom stereocenters. The first-order valence-electron chi connectivity index (χ1n) is 3.42. The van der Waals surface area contributed by atoms with Gasteiger partial charge in [-0.3, -0.25) is 4.99 Å². The Labute approximate surface area is 60.9 Å². The molecule has 2 heteroatoms. The summed E-state index contributed by atoms with van der Waals surface area (Å²) in [5, 5.41) is 0. The molecule has 0 aromatic carbocycles. The summed E-state index contributed by atoms with van der Waals surface area (Å²) in [6, 6.07) is 0. The fraction of sp³-hybridized carbons (Fsp3) is 0.857. The van der Waals surface area contributed by atoms with Gasteiger partial charge >= 0.3 is 0 Å². The fourth-order valence-corrected chi connectivity index (χ4v) is 2.08. The van der Waals surface area contributed by atoms with Crippen LogP contribution in [0.1, 0.15) is 26.7 Å². The highest BCUT2D eigenvalue weighted by molar-refractivity contribution is 8.12. The minimum atomic E-state index is 0.277. The number of hydrogen-bond acceptors (Lipinski definition) is 2. The smallest absolute Gasteiger partial charge is 0.0680 e. The maximum atomic E-state index is 4.40. The molecule has 0 radical (unpaired) electrons. The molecule has 1 aliphatic rings. The van der Waals surface area contributed by atoms with Crippen molar-refractivity contribution in [3.8, 4) is 0 Å². The van der Waals surface area contributed by atoms with Crippen molar-refractivity contribution in [2.24, 2.45) is 4.99 Å². The Kier molecular flexibility index (Phi) is 2.17. The number of thioether (sulfide) groups is 1. The van der Waals surface area contributed by atoms with E-state index >= 15 is 0 Å². The summed E-state index contributed by atoms with van der Waals surface area (Å²) in [6.45, 7) is 4.44. The van der Waals surface area contributed by atoms with E-state index in [0.717, 1.165) is 0 Å². The van der Waals surface area contributed by atoms with Crippen LogP contribution in [-0.4, -0.2) is 16.8 Å². The average Bonchev–Trinajstić information content (AvgIpc) is 2.16. The van der Waals surface area contributed by atoms with E-state index < -0.39 is 0 Å². The third-order valence-corrected chi connectivity index (χ3v) is 2.66. The van der Waals surface area contributed by atoms with Gasteiger partial charge in [0.1, 0.15) is 0 Å². The van der Waals surface area contributed by atoms with Crippen LogP contribution in [0.25, 0.3) is 0 Å². The molecular formula is C7H13NS. The van der Waals surface area contributed by atoms with Crippen LogP contribution in [0.3, 0.4) is 0 Å². The third-order valence-electron chi connectivity index (χ3n) is 1.62. The Balaban J connectivity index is 2.42. The van der Waals surface area contributed by atoms with Gasteiger partial charge in [0.05, 0.1) is 11.1 Å². The van der Waals surface area contributed by atoms with Gasteiger partial charge in [-0.1, -0.05) is 13.3 Å². The van der Waals surface area contributed by atoms with E-state index in [1.807, 2.05) is 17.3 Å². The van der Waals surface area contributed by atoms with Crippen molar-refractivity contribution in [1.29, 1.82) is 0 Å². The monoisotopic (exact) mass is 143 g/mol. The molecule has 0 saturated carbocycles. The van der Waals surface area contributed by atoms with Crippen molar-refractivity contribution in [3.05, 3.63) is 0 Å². The molecule has 1 aliphatic heterocycles. The largest absolute Gasteiger partial charge is 0.279 e. The van der Waals surface area contributed by atoms with Gasteiger partial charge in [-0.2, -0.15) is 0 Å². The molecule has 0 amide bonds. The summed E-state index contributed by atoms with van der Waals surface area (Å²) in [5.41, 5.74) is 2.26. The molecular weight excluding hydrogens is 130 g/mol. The number of aliphatic imine (C=N–C) groups is 1. The lowest BCUT2D eigenvalue weighted by Gasteiger charge is -2.17. The van der Waals surface area contributed by atoms with Crippen molar-refractivity contribution in [2.45, 2.75) is 32.2 Å². The van der Waals surface area contributed by atoms with Gasteiger partial charge in [0.15, 0.2) is 0 Å². The first-order valence-corrected chi connectivity index (χ1v) is 4.47. The first-order chi connectivity index (χ1) is 4.27. The third kappa shape index (κ3) is 1.71. The minimum Gasteiger partial charge on any atom is -0.279 e. The van der Waals surface area contributed by atoms with Gasteiger partial charge in [0, 0.05) is 5.75 Å². The lowest BCUT2D eigenvalue weighted by Crippen LogP contribution is -2.20. The number of hydrogen-bond donors (Lipinski definition) is 0. The Morgan fingerprint density at radius 1 is 1.78 bits per heavy atom. The van der Waals surface area contributed by atoms with Crippen LogP contribution >= 0.6 is 11.8 Å². The highest BCUT2D eigenvalue weighted by Gasteiger charge is 2.24.